The van der Waals surface area contributed by atoms with Crippen molar-refractivity contribution >= 4 is 12.0 Å². The van der Waals surface area contributed by atoms with Gasteiger partial charge in [0.2, 0.25) is 12.0 Å². The smallest absolute Gasteiger partial charge is 0.205 e. The molecule has 10 N–H and O–H groups in total. The van der Waals surface area contributed by atoms with E-state index in [1.165, 1.54) is 6.92 Å². The minimum atomic E-state index is -1.53. The van der Waals surface area contributed by atoms with Crippen molar-refractivity contribution in [3.05, 3.63) is 41.2 Å². The quantitative estimate of drug-likeness (QED) is 0.0667. The van der Waals surface area contributed by atoms with E-state index in [0.29, 0.717) is 0 Å². The molecule has 4 rings (SSSR count). The average molecular weight is 627 g/mol. The number of aliphatic hydroxyl groups is 5. The Labute approximate surface area is 249 Å². The molecule has 8 atom stereocenters. The van der Waals surface area contributed by atoms with Crippen molar-refractivity contribution in [3.63, 3.8) is 0 Å². The molecule has 0 spiro atoms. The van der Waals surface area contributed by atoms with Gasteiger partial charge in [-0.15, -0.1) is 0 Å². The fourth-order valence-electron chi connectivity index (χ4n) is 4.63. The lowest BCUT2D eigenvalue weighted by atomic mass is 10.0. The van der Waals surface area contributed by atoms with Gasteiger partial charge in [-0.2, -0.15) is 0 Å². The molecule has 2 aromatic carbocycles. The summed E-state index contributed by atoms with van der Waals surface area (Å²) in [6.45, 7) is 0.469. The minimum absolute atomic E-state index is 0.0434. The van der Waals surface area contributed by atoms with E-state index in [0.717, 1.165) is 24.3 Å². The Kier molecular flexibility index (Phi) is 10.4. The second kappa shape index (κ2) is 13.8. The normalized spacial score (nSPS) is 29.5. The molecule has 2 aliphatic heterocycles. The van der Waals surface area contributed by atoms with Gasteiger partial charge in [-0.1, -0.05) is 0 Å². The van der Waals surface area contributed by atoms with E-state index in [1.807, 2.05) is 0 Å². The molecule has 8 unspecified atom stereocenters. The van der Waals surface area contributed by atoms with Crippen LogP contribution >= 0.6 is 0 Å². The highest BCUT2D eigenvalue weighted by molar-refractivity contribution is 5.85. The number of benzene rings is 2. The molecule has 2 saturated heterocycles. The number of carbonyl (C=O) groups is 1. The van der Waals surface area contributed by atoms with E-state index >= 15 is 0 Å². The van der Waals surface area contributed by atoms with Crippen molar-refractivity contribution in [2.24, 2.45) is 0 Å². The van der Waals surface area contributed by atoms with Gasteiger partial charge in [-0.05, 0) is 19.1 Å². The lowest BCUT2D eigenvalue weighted by molar-refractivity contribution is -0.297. The fraction of sp³-hybridized carbons (Fsp3) is 0.464. The molecule has 0 radical (unpaired) electrons. The second-order valence-electron chi connectivity index (χ2n) is 10.3. The number of aromatic hydroxyl groups is 5. The van der Waals surface area contributed by atoms with Gasteiger partial charge < -0.3 is 74.7 Å². The molecule has 242 valence electrons. The van der Waals surface area contributed by atoms with Crippen LogP contribution in [0.25, 0.3) is 5.76 Å². The molecular weight excluding hydrogens is 592 g/mol. The predicted octanol–water partition coefficient (Wildman–Crippen LogP) is -0.831. The fourth-order valence-corrected chi connectivity index (χ4v) is 4.63. The summed E-state index contributed by atoms with van der Waals surface area (Å²) in [4.78, 5) is 12.3. The molecular formula is C28H34O16. The van der Waals surface area contributed by atoms with Gasteiger partial charge in [0.25, 0.3) is 0 Å². The van der Waals surface area contributed by atoms with Gasteiger partial charge in [-0.3, -0.25) is 4.79 Å². The molecule has 16 nitrogen and oxygen atoms in total. The van der Waals surface area contributed by atoms with E-state index in [2.05, 4.69) is 0 Å². The van der Waals surface area contributed by atoms with E-state index < -0.39 is 96.9 Å². The summed E-state index contributed by atoms with van der Waals surface area (Å²) in [5.74, 6) is -4.54. The second-order valence-corrected chi connectivity index (χ2v) is 10.3. The number of hydrogen-bond donors (Lipinski definition) is 10. The summed E-state index contributed by atoms with van der Waals surface area (Å²) in [5, 5.41) is 101. The highest BCUT2D eigenvalue weighted by Gasteiger charge is 2.42. The largest absolute Gasteiger partial charge is 0.508 e. The van der Waals surface area contributed by atoms with Crippen LogP contribution in [0.15, 0.2) is 30.0 Å². The molecule has 2 fully saturated rings. The van der Waals surface area contributed by atoms with Gasteiger partial charge in [0, 0.05) is 36.1 Å². The first kappa shape index (κ1) is 33.0. The Hall–Kier alpha value is -3.87. The topological polar surface area (TPSA) is 266 Å². The maximum absolute atomic E-state index is 12.3. The summed E-state index contributed by atoms with van der Waals surface area (Å²) in [6, 6.07) is 3.99. The lowest BCUT2D eigenvalue weighted by Gasteiger charge is -2.39. The van der Waals surface area contributed by atoms with Crippen molar-refractivity contribution in [3.8, 4) is 34.5 Å². The first-order chi connectivity index (χ1) is 20.8. The van der Waals surface area contributed by atoms with E-state index in [1.54, 1.807) is 0 Å². The average Bonchev–Trinajstić information content (AvgIpc) is 2.98. The van der Waals surface area contributed by atoms with Crippen LogP contribution in [0.2, 0.25) is 0 Å². The zero-order valence-electron chi connectivity index (χ0n) is 23.3. The summed E-state index contributed by atoms with van der Waals surface area (Å²) >= 11 is 0. The van der Waals surface area contributed by atoms with Crippen molar-refractivity contribution < 1.29 is 79.5 Å². The van der Waals surface area contributed by atoms with Gasteiger partial charge in [0.15, 0.2) is 35.6 Å². The molecule has 2 aromatic rings. The number of aldehydes is 1. The molecule has 2 heterocycles. The number of rotatable bonds is 10. The molecule has 0 saturated carbocycles. The van der Waals surface area contributed by atoms with E-state index in [4.69, 9.17) is 23.7 Å². The summed E-state index contributed by atoms with van der Waals surface area (Å²) in [7, 11) is 0. The maximum atomic E-state index is 12.3. The van der Waals surface area contributed by atoms with Crippen LogP contribution in [0.5, 0.6) is 34.5 Å². The number of phenols is 5. The first-order valence-corrected chi connectivity index (χ1v) is 13.4. The Balaban J connectivity index is 1.62. The van der Waals surface area contributed by atoms with E-state index in [-0.39, 0.29) is 41.8 Å². The third-order valence-corrected chi connectivity index (χ3v) is 7.12. The van der Waals surface area contributed by atoms with Crippen LogP contribution < -0.4 is 4.74 Å². The van der Waals surface area contributed by atoms with Crippen LogP contribution in [0.1, 0.15) is 24.0 Å². The van der Waals surface area contributed by atoms with E-state index in [9.17, 15) is 55.9 Å². The molecule has 2 aliphatic rings. The zero-order chi connectivity index (χ0) is 32.3. The Morgan fingerprint density at radius 1 is 0.909 bits per heavy atom. The van der Waals surface area contributed by atoms with Gasteiger partial charge in [-0.25, -0.2) is 0 Å². The van der Waals surface area contributed by atoms with Crippen molar-refractivity contribution in [1.29, 1.82) is 0 Å². The standard InChI is InChI=1S/C28H34O16/c1-11-15(32)4-13(31)5-20(11)44-27(12-2-16(33)24(37)17(34)3-12)21(9-30)42-23-7-19(36)25(38)22(43-23)10-40-28-26(39)18(35)6-14(8-29)41-28/h2-5,9,14,18-19,22-23,25-26,28-29,31-39H,6-8,10H2,1H3/b27-21+. The highest BCUT2D eigenvalue weighted by atomic mass is 16.7. The predicted molar refractivity (Wildman–Crippen MR) is 144 cm³/mol. The summed E-state index contributed by atoms with van der Waals surface area (Å²) in [5.41, 5.74) is -0.0954. The monoisotopic (exact) mass is 626 g/mol. The van der Waals surface area contributed by atoms with Crippen molar-refractivity contribution in [2.75, 3.05) is 13.2 Å². The lowest BCUT2D eigenvalue weighted by Crippen LogP contribution is -2.54. The number of aliphatic hydroxyl groups excluding tert-OH is 5. The molecule has 0 aromatic heterocycles. The molecule has 0 amide bonds. The number of ether oxygens (including phenoxy) is 5. The maximum Gasteiger partial charge on any atom is 0.205 e. The SMILES string of the molecule is Cc1c(O)cc(O)cc1O/C(=C(\C=O)OC1CC(O)C(O)C(COC2OC(CO)CC(O)C2O)O1)c1cc(O)c(O)c(O)c1. The Morgan fingerprint density at radius 3 is 2.20 bits per heavy atom. The van der Waals surface area contributed by atoms with Crippen LogP contribution in [-0.2, 0) is 23.7 Å². The van der Waals surface area contributed by atoms with Crippen LogP contribution in [0, 0.1) is 6.92 Å². The minimum Gasteiger partial charge on any atom is -0.508 e. The zero-order valence-corrected chi connectivity index (χ0v) is 23.3. The van der Waals surface area contributed by atoms with Crippen molar-refractivity contribution in [2.45, 2.75) is 69.0 Å². The van der Waals surface area contributed by atoms with Gasteiger partial charge >= 0.3 is 0 Å². The van der Waals surface area contributed by atoms with Crippen LogP contribution in [0.3, 0.4) is 0 Å². The third-order valence-electron chi connectivity index (χ3n) is 7.12. The molecule has 16 heteroatoms. The number of phenolic OH excluding ortho intramolecular Hbond substituents is 5. The third kappa shape index (κ3) is 7.25. The molecule has 0 aliphatic carbocycles. The van der Waals surface area contributed by atoms with Crippen molar-refractivity contribution in [1.82, 2.24) is 0 Å². The van der Waals surface area contributed by atoms with Gasteiger partial charge in [0.05, 0.1) is 31.5 Å². The first-order valence-electron chi connectivity index (χ1n) is 13.4. The summed E-state index contributed by atoms with van der Waals surface area (Å²) < 4.78 is 28.1. The number of allylic oxidation sites excluding steroid dienone is 1. The van der Waals surface area contributed by atoms with Crippen LogP contribution in [0.4, 0.5) is 0 Å². The highest BCUT2D eigenvalue weighted by Crippen LogP contribution is 2.41. The number of carbonyl (C=O) groups excluding carboxylic acids is 1. The molecule has 44 heavy (non-hydrogen) atoms. The van der Waals surface area contributed by atoms with Gasteiger partial charge in [0.1, 0.15) is 35.6 Å². The molecule has 0 bridgehead atoms. The Morgan fingerprint density at radius 2 is 1.57 bits per heavy atom. The Bertz CT molecular complexity index is 1340. The number of hydrogen-bond acceptors (Lipinski definition) is 16. The van der Waals surface area contributed by atoms with Crippen LogP contribution in [-0.4, -0.2) is 120 Å². The summed E-state index contributed by atoms with van der Waals surface area (Å²) in [6.07, 6.45) is -11.0.